The monoisotopic (exact) mass is 332 g/mol. The summed E-state index contributed by atoms with van der Waals surface area (Å²) in [4.78, 5) is 23.1. The number of fused-ring (bicyclic) bond motifs is 1. The molecule has 1 aliphatic carbocycles. The minimum absolute atomic E-state index is 0.170. The van der Waals surface area contributed by atoms with Crippen molar-refractivity contribution < 1.29 is 9.53 Å². The van der Waals surface area contributed by atoms with Crippen LogP contribution in [0.25, 0.3) is 0 Å². The van der Waals surface area contributed by atoms with Gasteiger partial charge in [0.05, 0.1) is 0 Å². The summed E-state index contributed by atoms with van der Waals surface area (Å²) in [6.45, 7) is 6.44. The average Bonchev–Trinajstić information content (AvgIpc) is 2.98. The third kappa shape index (κ3) is 3.86. The minimum Gasteiger partial charge on any atom is -0.377 e. The molecule has 1 aromatic heterocycles. The van der Waals surface area contributed by atoms with Gasteiger partial charge in [-0.1, -0.05) is 6.92 Å². The van der Waals surface area contributed by atoms with Crippen LogP contribution in [0, 0.1) is 18.8 Å². The first-order valence-corrected chi connectivity index (χ1v) is 8.96. The number of anilines is 1. The van der Waals surface area contributed by atoms with E-state index in [4.69, 9.17) is 4.74 Å². The van der Waals surface area contributed by atoms with Crippen molar-refractivity contribution in [1.29, 1.82) is 0 Å². The van der Waals surface area contributed by atoms with Gasteiger partial charge in [0, 0.05) is 44.4 Å². The number of nitrogens with one attached hydrogen (secondary N) is 1. The molecule has 24 heavy (non-hydrogen) atoms. The Morgan fingerprint density at radius 3 is 2.88 bits per heavy atom. The maximum Gasteiger partial charge on any atom is 0.219 e. The summed E-state index contributed by atoms with van der Waals surface area (Å²) in [5.41, 5.74) is 0.981. The van der Waals surface area contributed by atoms with E-state index in [1.807, 2.05) is 13.8 Å². The van der Waals surface area contributed by atoms with Crippen LogP contribution in [-0.4, -0.2) is 42.1 Å². The number of aryl methyl sites for hydroxylation is 1. The van der Waals surface area contributed by atoms with E-state index in [2.05, 4.69) is 26.3 Å². The number of rotatable bonds is 5. The number of methoxy groups -OCH3 is 1. The summed E-state index contributed by atoms with van der Waals surface area (Å²) in [6, 6.07) is 2.40. The topological polar surface area (TPSA) is 67.4 Å². The smallest absolute Gasteiger partial charge is 0.219 e. The Kier molecular flexibility index (Phi) is 5.33. The lowest BCUT2D eigenvalue weighted by molar-refractivity contribution is -0.121. The number of amides is 1. The first kappa shape index (κ1) is 17.1. The first-order valence-electron chi connectivity index (χ1n) is 8.96. The molecule has 3 atom stereocenters. The fourth-order valence-corrected chi connectivity index (χ4v) is 4.05. The van der Waals surface area contributed by atoms with Crippen LogP contribution >= 0.6 is 0 Å². The molecule has 0 spiro atoms. The van der Waals surface area contributed by atoms with Crippen molar-refractivity contribution in [3.05, 3.63) is 17.6 Å². The molecule has 1 saturated heterocycles. The van der Waals surface area contributed by atoms with Crippen LogP contribution in [0.15, 0.2) is 6.07 Å². The third-order valence-electron chi connectivity index (χ3n) is 5.22. The molecular formula is C18H28N4O2. The van der Waals surface area contributed by atoms with Crippen LogP contribution in [0.4, 0.5) is 5.82 Å². The van der Waals surface area contributed by atoms with Crippen molar-refractivity contribution in [3.8, 4) is 0 Å². The molecule has 6 nitrogen and oxygen atoms in total. The summed E-state index contributed by atoms with van der Waals surface area (Å²) in [6.07, 6.45) is 3.93. The molecule has 2 fully saturated rings. The van der Waals surface area contributed by atoms with Gasteiger partial charge in [0.2, 0.25) is 5.91 Å². The summed E-state index contributed by atoms with van der Waals surface area (Å²) < 4.78 is 5.17. The molecule has 1 saturated carbocycles. The zero-order valence-corrected chi connectivity index (χ0v) is 14.9. The summed E-state index contributed by atoms with van der Waals surface area (Å²) in [5, 5.41) is 3.17. The van der Waals surface area contributed by atoms with Crippen LogP contribution < -0.4 is 10.2 Å². The predicted molar refractivity (Wildman–Crippen MR) is 92.7 cm³/mol. The molecule has 1 aliphatic heterocycles. The molecule has 0 aromatic carbocycles. The second-order valence-electron chi connectivity index (χ2n) is 7.07. The maximum atomic E-state index is 11.6. The molecule has 1 aromatic rings. The van der Waals surface area contributed by atoms with Crippen molar-refractivity contribution >= 4 is 11.7 Å². The van der Waals surface area contributed by atoms with E-state index in [0.717, 1.165) is 43.3 Å². The van der Waals surface area contributed by atoms with E-state index < -0.39 is 0 Å². The Morgan fingerprint density at radius 1 is 1.33 bits per heavy atom. The zero-order chi connectivity index (χ0) is 17.1. The van der Waals surface area contributed by atoms with Crippen LogP contribution in [0.2, 0.25) is 0 Å². The minimum atomic E-state index is 0.170. The lowest BCUT2D eigenvalue weighted by Crippen LogP contribution is -2.40. The van der Waals surface area contributed by atoms with Gasteiger partial charge in [-0.05, 0) is 38.0 Å². The van der Waals surface area contributed by atoms with E-state index in [-0.39, 0.29) is 5.91 Å². The molecule has 2 heterocycles. The Hall–Kier alpha value is -1.69. The van der Waals surface area contributed by atoms with Crippen molar-refractivity contribution in [2.24, 2.45) is 11.8 Å². The lowest BCUT2D eigenvalue weighted by Gasteiger charge is -2.31. The van der Waals surface area contributed by atoms with Crippen molar-refractivity contribution in [2.45, 2.75) is 52.2 Å². The van der Waals surface area contributed by atoms with Crippen LogP contribution in [-0.2, 0) is 16.1 Å². The van der Waals surface area contributed by atoms with Gasteiger partial charge in [-0.25, -0.2) is 9.97 Å². The molecule has 132 valence electrons. The van der Waals surface area contributed by atoms with Crippen LogP contribution in [0.3, 0.4) is 0 Å². The Balaban J connectivity index is 1.66. The van der Waals surface area contributed by atoms with E-state index in [9.17, 15) is 4.79 Å². The standard InChI is InChI=1S/C18H28N4O2/c1-4-18(23)20-15-6-5-13-9-22(10-14(13)8-15)17-7-12(2)19-16(21-17)11-24-3/h7,13-15H,4-6,8-11H2,1-3H3,(H,20,23). The van der Waals surface area contributed by atoms with Gasteiger partial charge in [-0.3, -0.25) is 4.79 Å². The second kappa shape index (κ2) is 7.47. The normalized spacial score (nSPS) is 26.3. The molecule has 3 unspecified atom stereocenters. The van der Waals surface area contributed by atoms with Gasteiger partial charge in [-0.15, -0.1) is 0 Å². The highest BCUT2D eigenvalue weighted by Gasteiger charge is 2.38. The van der Waals surface area contributed by atoms with E-state index in [1.165, 1.54) is 6.42 Å². The van der Waals surface area contributed by atoms with E-state index in [0.29, 0.717) is 30.9 Å². The highest BCUT2D eigenvalue weighted by Crippen LogP contribution is 2.37. The fraction of sp³-hybridized carbons (Fsp3) is 0.722. The predicted octanol–water partition coefficient (Wildman–Crippen LogP) is 2.06. The van der Waals surface area contributed by atoms with Crippen LogP contribution in [0.1, 0.15) is 44.1 Å². The number of carbonyl (C=O) groups excluding carboxylic acids is 1. The van der Waals surface area contributed by atoms with Crippen molar-refractivity contribution in [3.63, 3.8) is 0 Å². The number of ether oxygens (including phenoxy) is 1. The highest BCUT2D eigenvalue weighted by atomic mass is 16.5. The van der Waals surface area contributed by atoms with Crippen molar-refractivity contribution in [2.75, 3.05) is 25.1 Å². The maximum absolute atomic E-state index is 11.6. The molecule has 6 heteroatoms. The van der Waals surface area contributed by atoms with Crippen LogP contribution in [0.5, 0.6) is 0 Å². The third-order valence-corrected chi connectivity index (χ3v) is 5.22. The number of aromatic nitrogens is 2. The number of hydrogen-bond acceptors (Lipinski definition) is 5. The largest absolute Gasteiger partial charge is 0.377 e. The quantitative estimate of drug-likeness (QED) is 0.894. The van der Waals surface area contributed by atoms with Gasteiger partial charge < -0.3 is 15.0 Å². The van der Waals surface area contributed by atoms with E-state index >= 15 is 0 Å². The summed E-state index contributed by atoms with van der Waals surface area (Å²) in [7, 11) is 1.67. The first-order chi connectivity index (χ1) is 11.6. The second-order valence-corrected chi connectivity index (χ2v) is 7.07. The molecular weight excluding hydrogens is 304 g/mol. The Bertz CT molecular complexity index is 592. The fourth-order valence-electron chi connectivity index (χ4n) is 4.05. The Morgan fingerprint density at radius 2 is 2.12 bits per heavy atom. The summed E-state index contributed by atoms with van der Waals surface area (Å²) in [5.74, 6) is 3.28. The lowest BCUT2D eigenvalue weighted by atomic mass is 9.79. The molecule has 3 rings (SSSR count). The molecule has 1 N–H and O–H groups in total. The van der Waals surface area contributed by atoms with Gasteiger partial charge >= 0.3 is 0 Å². The molecule has 0 bridgehead atoms. The number of carbonyl (C=O) groups is 1. The SMILES string of the molecule is CCC(=O)NC1CCC2CN(c3cc(C)nc(COC)n3)CC2C1. The molecule has 1 amide bonds. The van der Waals surface area contributed by atoms with Gasteiger partial charge in [0.1, 0.15) is 12.4 Å². The Labute approximate surface area is 144 Å². The van der Waals surface area contributed by atoms with E-state index in [1.54, 1.807) is 7.11 Å². The van der Waals surface area contributed by atoms with Gasteiger partial charge in [0.15, 0.2) is 5.82 Å². The number of nitrogens with zero attached hydrogens (tertiary/aromatic N) is 3. The summed E-state index contributed by atoms with van der Waals surface area (Å²) >= 11 is 0. The van der Waals surface area contributed by atoms with Gasteiger partial charge in [-0.2, -0.15) is 0 Å². The van der Waals surface area contributed by atoms with Crippen molar-refractivity contribution in [1.82, 2.24) is 15.3 Å². The zero-order valence-electron chi connectivity index (χ0n) is 14.9. The molecule has 2 aliphatic rings. The number of hydrogen-bond donors (Lipinski definition) is 1. The average molecular weight is 332 g/mol. The highest BCUT2D eigenvalue weighted by molar-refractivity contribution is 5.75. The molecule has 0 radical (unpaired) electrons. The van der Waals surface area contributed by atoms with Gasteiger partial charge in [0.25, 0.3) is 0 Å².